The predicted molar refractivity (Wildman–Crippen MR) is 87.7 cm³/mol. The first-order valence-corrected chi connectivity index (χ1v) is 8.18. The van der Waals surface area contributed by atoms with Crippen molar-refractivity contribution in [1.82, 2.24) is 0 Å². The lowest BCUT2D eigenvalue weighted by Gasteiger charge is -2.14. The molecule has 19 heavy (non-hydrogen) atoms. The fourth-order valence-electron chi connectivity index (χ4n) is 2.05. The summed E-state index contributed by atoms with van der Waals surface area (Å²) in [5, 5.41) is 2.56. The molecule has 102 valence electrons. The average molecular weight is 273 g/mol. The molecular weight excluding hydrogens is 250 g/mol. The van der Waals surface area contributed by atoms with Crippen molar-refractivity contribution in [2.75, 3.05) is 11.5 Å². The normalized spacial score (nSPS) is 14.5. The van der Waals surface area contributed by atoms with Crippen LogP contribution in [0.1, 0.15) is 31.9 Å². The molecular formula is C17H23NS. The summed E-state index contributed by atoms with van der Waals surface area (Å²) < 4.78 is 0. The zero-order valence-corrected chi connectivity index (χ0v) is 12.6. The summed E-state index contributed by atoms with van der Waals surface area (Å²) in [6.45, 7) is 4.54. The van der Waals surface area contributed by atoms with Crippen molar-refractivity contribution < 1.29 is 0 Å². The maximum atomic E-state index is 6.29. The van der Waals surface area contributed by atoms with Crippen LogP contribution in [0.4, 0.5) is 0 Å². The summed E-state index contributed by atoms with van der Waals surface area (Å²) in [6.07, 6.45) is 1.25. The Morgan fingerprint density at radius 1 is 1.05 bits per heavy atom. The van der Waals surface area contributed by atoms with Gasteiger partial charge in [-0.05, 0) is 34.1 Å². The van der Waals surface area contributed by atoms with Crippen molar-refractivity contribution in [2.24, 2.45) is 11.7 Å². The van der Waals surface area contributed by atoms with E-state index in [-0.39, 0.29) is 6.04 Å². The van der Waals surface area contributed by atoms with Crippen LogP contribution in [0.25, 0.3) is 10.8 Å². The molecule has 0 aliphatic carbocycles. The molecule has 0 aromatic heterocycles. The van der Waals surface area contributed by atoms with Gasteiger partial charge in [-0.15, -0.1) is 0 Å². The molecule has 2 aromatic rings. The first-order valence-electron chi connectivity index (χ1n) is 7.02. The van der Waals surface area contributed by atoms with Crippen molar-refractivity contribution in [2.45, 2.75) is 26.3 Å². The van der Waals surface area contributed by atoms with Crippen LogP contribution in [0.3, 0.4) is 0 Å². The summed E-state index contributed by atoms with van der Waals surface area (Å²) in [7, 11) is 0. The van der Waals surface area contributed by atoms with E-state index in [4.69, 9.17) is 5.73 Å². The van der Waals surface area contributed by atoms with E-state index in [1.807, 2.05) is 11.8 Å². The maximum Gasteiger partial charge on any atom is 0.0387 e. The molecule has 2 N–H and O–H groups in total. The summed E-state index contributed by atoms with van der Waals surface area (Å²) in [5.74, 6) is 2.99. The molecule has 2 aromatic carbocycles. The van der Waals surface area contributed by atoms with Crippen LogP contribution >= 0.6 is 11.8 Å². The van der Waals surface area contributed by atoms with Crippen LogP contribution in [0.15, 0.2) is 42.5 Å². The number of nitrogens with two attached hydrogens (primary N) is 1. The van der Waals surface area contributed by atoms with Crippen LogP contribution in [-0.4, -0.2) is 11.5 Å². The van der Waals surface area contributed by atoms with E-state index >= 15 is 0 Å². The van der Waals surface area contributed by atoms with Gasteiger partial charge in [-0.2, -0.15) is 11.8 Å². The van der Waals surface area contributed by atoms with Crippen molar-refractivity contribution in [1.29, 1.82) is 0 Å². The fourth-order valence-corrected chi connectivity index (χ4v) is 3.27. The molecule has 2 heteroatoms. The van der Waals surface area contributed by atoms with E-state index in [1.54, 1.807) is 0 Å². The van der Waals surface area contributed by atoms with Crippen LogP contribution in [-0.2, 0) is 0 Å². The molecule has 0 heterocycles. The van der Waals surface area contributed by atoms with Gasteiger partial charge in [-0.25, -0.2) is 0 Å². The summed E-state index contributed by atoms with van der Waals surface area (Å²) in [5.41, 5.74) is 7.54. The van der Waals surface area contributed by atoms with Gasteiger partial charge in [0.05, 0.1) is 0 Å². The number of benzene rings is 2. The summed E-state index contributed by atoms with van der Waals surface area (Å²) in [4.78, 5) is 0. The lowest BCUT2D eigenvalue weighted by Crippen LogP contribution is -2.14. The van der Waals surface area contributed by atoms with Gasteiger partial charge in [-0.1, -0.05) is 56.7 Å². The maximum absolute atomic E-state index is 6.29. The Kier molecular flexibility index (Phi) is 5.29. The number of thioether (sulfide) groups is 1. The van der Waals surface area contributed by atoms with Crippen molar-refractivity contribution in [3.63, 3.8) is 0 Å². The molecule has 0 aliphatic heterocycles. The van der Waals surface area contributed by atoms with Gasteiger partial charge < -0.3 is 5.73 Å². The van der Waals surface area contributed by atoms with Crippen LogP contribution < -0.4 is 5.73 Å². The molecule has 2 rings (SSSR count). The van der Waals surface area contributed by atoms with Gasteiger partial charge in [0.15, 0.2) is 0 Å². The Labute approximate surface area is 120 Å². The molecule has 0 radical (unpaired) electrons. The van der Waals surface area contributed by atoms with Gasteiger partial charge in [0, 0.05) is 11.8 Å². The van der Waals surface area contributed by atoms with E-state index in [2.05, 4.69) is 56.3 Å². The molecule has 0 spiro atoms. The number of hydrogen-bond donors (Lipinski definition) is 1. The molecule has 2 atom stereocenters. The van der Waals surface area contributed by atoms with E-state index in [1.165, 1.54) is 28.5 Å². The van der Waals surface area contributed by atoms with E-state index in [0.29, 0.717) is 0 Å². The number of rotatable bonds is 6. The standard InChI is InChI=1S/C17H23NS/c1-3-13(2)11-19-12-17(18)16-9-8-14-6-4-5-7-15(14)10-16/h4-10,13,17H,3,11-12,18H2,1-2H3. The predicted octanol–water partition coefficient (Wildman–Crippen LogP) is 4.62. The minimum absolute atomic E-state index is 0.138. The first kappa shape index (κ1) is 14.4. The Hall–Kier alpha value is -0.990. The van der Waals surface area contributed by atoms with Gasteiger partial charge in [0.1, 0.15) is 0 Å². The highest BCUT2D eigenvalue weighted by Crippen LogP contribution is 2.22. The monoisotopic (exact) mass is 273 g/mol. The van der Waals surface area contributed by atoms with Crippen LogP contribution in [0.2, 0.25) is 0 Å². The SMILES string of the molecule is CCC(C)CSCC(N)c1ccc2ccccc2c1. The average Bonchev–Trinajstić information content (AvgIpc) is 2.46. The zero-order valence-electron chi connectivity index (χ0n) is 11.8. The van der Waals surface area contributed by atoms with Crippen molar-refractivity contribution in [3.05, 3.63) is 48.0 Å². The third-order valence-electron chi connectivity index (χ3n) is 3.60. The second kappa shape index (κ2) is 6.97. The Balaban J connectivity index is 1.99. The van der Waals surface area contributed by atoms with E-state index in [9.17, 15) is 0 Å². The minimum Gasteiger partial charge on any atom is -0.323 e. The first-order chi connectivity index (χ1) is 9.20. The van der Waals surface area contributed by atoms with Crippen LogP contribution in [0, 0.1) is 5.92 Å². The molecule has 0 fully saturated rings. The fraction of sp³-hybridized carbons (Fsp3) is 0.412. The minimum atomic E-state index is 0.138. The lowest BCUT2D eigenvalue weighted by molar-refractivity contribution is 0.636. The smallest absolute Gasteiger partial charge is 0.0387 e. The zero-order chi connectivity index (χ0) is 13.7. The third-order valence-corrected chi connectivity index (χ3v) is 5.00. The Morgan fingerprint density at radius 2 is 1.79 bits per heavy atom. The third kappa shape index (κ3) is 3.99. The van der Waals surface area contributed by atoms with Crippen LogP contribution in [0.5, 0.6) is 0 Å². The molecule has 0 aliphatic rings. The molecule has 0 saturated carbocycles. The quantitative estimate of drug-likeness (QED) is 0.831. The van der Waals surface area contributed by atoms with Gasteiger partial charge in [0.25, 0.3) is 0 Å². The van der Waals surface area contributed by atoms with Crippen molar-refractivity contribution >= 4 is 22.5 Å². The Morgan fingerprint density at radius 3 is 2.53 bits per heavy atom. The van der Waals surface area contributed by atoms with E-state index < -0.39 is 0 Å². The highest BCUT2D eigenvalue weighted by atomic mass is 32.2. The lowest BCUT2D eigenvalue weighted by atomic mass is 10.0. The topological polar surface area (TPSA) is 26.0 Å². The number of hydrogen-bond acceptors (Lipinski definition) is 2. The summed E-state index contributed by atoms with van der Waals surface area (Å²) >= 11 is 1.97. The van der Waals surface area contributed by atoms with Gasteiger partial charge in [0.2, 0.25) is 0 Å². The van der Waals surface area contributed by atoms with Gasteiger partial charge >= 0.3 is 0 Å². The highest BCUT2D eigenvalue weighted by molar-refractivity contribution is 7.99. The van der Waals surface area contributed by atoms with E-state index in [0.717, 1.165) is 11.7 Å². The number of fused-ring (bicyclic) bond motifs is 1. The van der Waals surface area contributed by atoms with Gasteiger partial charge in [-0.3, -0.25) is 0 Å². The highest BCUT2D eigenvalue weighted by Gasteiger charge is 2.08. The summed E-state index contributed by atoms with van der Waals surface area (Å²) in [6, 6.07) is 15.1. The second-order valence-corrected chi connectivity index (χ2v) is 6.34. The largest absolute Gasteiger partial charge is 0.323 e. The molecule has 0 bridgehead atoms. The molecule has 1 nitrogen and oxygen atoms in total. The van der Waals surface area contributed by atoms with Crippen molar-refractivity contribution in [3.8, 4) is 0 Å². The molecule has 0 amide bonds. The molecule has 2 unspecified atom stereocenters. The second-order valence-electron chi connectivity index (χ2n) is 5.26. The Bertz CT molecular complexity index is 523. The molecule has 0 saturated heterocycles.